The van der Waals surface area contributed by atoms with E-state index in [2.05, 4.69) is 37.2 Å². The van der Waals surface area contributed by atoms with Crippen molar-refractivity contribution in [3.63, 3.8) is 0 Å². The van der Waals surface area contributed by atoms with Crippen molar-refractivity contribution in [2.75, 3.05) is 0 Å². The van der Waals surface area contributed by atoms with Crippen LogP contribution >= 0.6 is 0 Å². The van der Waals surface area contributed by atoms with E-state index in [9.17, 15) is 0 Å². The van der Waals surface area contributed by atoms with E-state index in [1.54, 1.807) is 0 Å². The zero-order valence-electron chi connectivity index (χ0n) is 11.8. The zero-order valence-corrected chi connectivity index (χ0v) is 11.8. The molecule has 1 aliphatic rings. The lowest BCUT2D eigenvalue weighted by atomic mass is 10.1. The molecule has 0 bridgehead atoms. The van der Waals surface area contributed by atoms with Crippen LogP contribution in [0.15, 0.2) is 12.7 Å². The molecular weight excluding hydrogens is 236 g/mol. The molecule has 1 aliphatic heterocycles. The summed E-state index contributed by atoms with van der Waals surface area (Å²) in [6.45, 7) is 5.67. The zero-order chi connectivity index (χ0) is 13.9. The molecule has 0 spiro atoms. The van der Waals surface area contributed by atoms with E-state index in [1.807, 2.05) is 0 Å². The van der Waals surface area contributed by atoms with Gasteiger partial charge in [0.15, 0.2) is 0 Å². The molecule has 0 aromatic heterocycles. The molecule has 3 atom stereocenters. The highest BCUT2D eigenvalue weighted by molar-refractivity contribution is 5.29. The van der Waals surface area contributed by atoms with E-state index < -0.39 is 6.10 Å². The molecule has 1 rings (SSSR count). The van der Waals surface area contributed by atoms with Crippen molar-refractivity contribution >= 4 is 0 Å². The first-order valence-electron chi connectivity index (χ1n) is 7.22. The minimum Gasteiger partial charge on any atom is -0.377 e. The lowest BCUT2D eigenvalue weighted by Gasteiger charge is -1.96. The monoisotopic (exact) mass is 260 g/mol. The van der Waals surface area contributed by atoms with Crippen molar-refractivity contribution in [3.05, 3.63) is 12.7 Å². The molecule has 19 heavy (non-hydrogen) atoms. The Bertz CT molecular complexity index is 378. The highest BCUT2D eigenvalue weighted by atomic mass is 16.6. The average molecular weight is 260 g/mol. The van der Waals surface area contributed by atoms with E-state index in [4.69, 9.17) is 9.84 Å². The maximum Gasteiger partial charge on any atom is 0.134 e. The van der Waals surface area contributed by atoms with E-state index in [0.29, 0.717) is 12.2 Å². The third-order valence-corrected chi connectivity index (χ3v) is 3.18. The molecule has 1 heterocycles. The van der Waals surface area contributed by atoms with Crippen LogP contribution in [-0.4, -0.2) is 23.4 Å². The number of rotatable bonds is 8. The van der Waals surface area contributed by atoms with E-state index in [1.165, 1.54) is 38.2 Å². The average Bonchev–Trinajstić information content (AvgIpc) is 3.16. The molecule has 1 N–H and O–H groups in total. The minimum absolute atomic E-state index is 0.310. The number of aliphatic hydroxyl groups excluding tert-OH is 1. The van der Waals surface area contributed by atoms with Gasteiger partial charge in [0.25, 0.3) is 0 Å². The van der Waals surface area contributed by atoms with Crippen molar-refractivity contribution in [2.45, 2.75) is 70.2 Å². The van der Waals surface area contributed by atoms with Crippen molar-refractivity contribution in [1.29, 1.82) is 0 Å². The molecule has 0 aliphatic carbocycles. The van der Waals surface area contributed by atoms with Crippen molar-refractivity contribution in [1.82, 2.24) is 0 Å². The van der Waals surface area contributed by atoms with E-state index >= 15 is 0 Å². The van der Waals surface area contributed by atoms with Crippen LogP contribution in [0.3, 0.4) is 0 Å². The Hall–Kier alpha value is -1.22. The van der Waals surface area contributed by atoms with E-state index in [-0.39, 0.29) is 0 Å². The second-order valence-corrected chi connectivity index (χ2v) is 4.87. The smallest absolute Gasteiger partial charge is 0.134 e. The molecule has 0 saturated carbocycles. The SMILES string of the molecule is C=CC(O)C#CC#CC[C@H]1O[C@H]1CCCCCCC. The lowest BCUT2D eigenvalue weighted by molar-refractivity contribution is 0.281. The Balaban J connectivity index is 2.03. The Labute approximate surface area is 117 Å². The Morgan fingerprint density at radius 1 is 1.21 bits per heavy atom. The van der Waals surface area contributed by atoms with Crippen LogP contribution < -0.4 is 0 Å². The number of hydrogen-bond acceptors (Lipinski definition) is 2. The first-order chi connectivity index (χ1) is 9.27. The normalized spacial score (nSPS) is 21.6. The third-order valence-electron chi connectivity index (χ3n) is 3.18. The van der Waals surface area contributed by atoms with Crippen LogP contribution in [0.25, 0.3) is 0 Å². The van der Waals surface area contributed by atoms with Gasteiger partial charge in [-0.25, -0.2) is 0 Å². The summed E-state index contributed by atoms with van der Waals surface area (Å²) in [6, 6.07) is 0. The highest BCUT2D eigenvalue weighted by Crippen LogP contribution is 2.29. The maximum atomic E-state index is 9.10. The highest BCUT2D eigenvalue weighted by Gasteiger charge is 2.36. The topological polar surface area (TPSA) is 32.8 Å². The predicted molar refractivity (Wildman–Crippen MR) is 78.4 cm³/mol. The van der Waals surface area contributed by atoms with Gasteiger partial charge < -0.3 is 9.84 Å². The van der Waals surface area contributed by atoms with Crippen LogP contribution in [0.4, 0.5) is 0 Å². The summed E-state index contributed by atoms with van der Waals surface area (Å²) < 4.78 is 5.56. The first kappa shape index (κ1) is 15.8. The van der Waals surface area contributed by atoms with Gasteiger partial charge in [0.1, 0.15) is 6.10 Å². The standard InChI is InChI=1S/C17H24O2/c1-3-5-6-7-10-13-16-17(19-16)14-11-8-9-12-15(18)4-2/h4,15-18H,2-3,5-7,10,13-14H2,1H3/t15?,16-,17+/m0/s1. The molecule has 104 valence electrons. The first-order valence-corrected chi connectivity index (χ1v) is 7.22. The number of aliphatic hydroxyl groups is 1. The predicted octanol–water partition coefficient (Wildman–Crippen LogP) is 3.06. The molecule has 0 aromatic carbocycles. The largest absolute Gasteiger partial charge is 0.377 e. The third kappa shape index (κ3) is 7.73. The van der Waals surface area contributed by atoms with E-state index in [0.717, 1.165) is 12.8 Å². The molecular formula is C17H24O2. The molecule has 2 heteroatoms. The second kappa shape index (κ2) is 9.68. The van der Waals surface area contributed by atoms with Gasteiger partial charge in [-0.15, -0.1) is 0 Å². The van der Waals surface area contributed by atoms with Gasteiger partial charge in [0.2, 0.25) is 0 Å². The lowest BCUT2D eigenvalue weighted by Crippen LogP contribution is -1.94. The van der Waals surface area contributed by atoms with Gasteiger partial charge in [-0.05, 0) is 18.3 Å². The van der Waals surface area contributed by atoms with Crippen LogP contribution in [-0.2, 0) is 4.74 Å². The fraction of sp³-hybridized carbons (Fsp3) is 0.647. The quantitative estimate of drug-likeness (QED) is 0.315. The van der Waals surface area contributed by atoms with Gasteiger partial charge in [-0.3, -0.25) is 0 Å². The van der Waals surface area contributed by atoms with Crippen LogP contribution in [0.1, 0.15) is 51.9 Å². The fourth-order valence-electron chi connectivity index (χ4n) is 1.93. The molecule has 1 saturated heterocycles. The number of unbranched alkanes of at least 4 members (excludes halogenated alkanes) is 4. The maximum absolute atomic E-state index is 9.10. The van der Waals surface area contributed by atoms with Crippen molar-refractivity contribution in [2.24, 2.45) is 0 Å². The Morgan fingerprint density at radius 2 is 2.00 bits per heavy atom. The number of ether oxygens (including phenoxy) is 1. The summed E-state index contributed by atoms with van der Waals surface area (Å²) in [5.74, 6) is 10.9. The molecule has 1 unspecified atom stereocenters. The molecule has 2 nitrogen and oxygen atoms in total. The summed E-state index contributed by atoms with van der Waals surface area (Å²) in [7, 11) is 0. The number of hydrogen-bond donors (Lipinski definition) is 1. The van der Waals surface area contributed by atoms with Gasteiger partial charge in [-0.2, -0.15) is 0 Å². The second-order valence-electron chi connectivity index (χ2n) is 4.87. The summed E-state index contributed by atoms with van der Waals surface area (Å²) in [6.07, 6.45) is 9.80. The van der Waals surface area contributed by atoms with Crippen LogP contribution in [0, 0.1) is 23.7 Å². The Morgan fingerprint density at radius 3 is 2.74 bits per heavy atom. The van der Waals surface area contributed by atoms with Gasteiger partial charge in [0, 0.05) is 6.42 Å². The van der Waals surface area contributed by atoms with Gasteiger partial charge in [-0.1, -0.05) is 63.5 Å². The summed E-state index contributed by atoms with van der Waals surface area (Å²) in [5.41, 5.74) is 0. The molecule has 1 fully saturated rings. The van der Waals surface area contributed by atoms with Crippen molar-refractivity contribution in [3.8, 4) is 23.7 Å². The summed E-state index contributed by atoms with van der Waals surface area (Å²) in [5, 5.41) is 9.10. The Kier molecular flexibility index (Phi) is 8.07. The summed E-state index contributed by atoms with van der Waals surface area (Å²) >= 11 is 0. The fourth-order valence-corrected chi connectivity index (χ4v) is 1.93. The van der Waals surface area contributed by atoms with Crippen LogP contribution in [0.2, 0.25) is 0 Å². The molecule has 0 aromatic rings. The minimum atomic E-state index is -0.776. The van der Waals surface area contributed by atoms with Gasteiger partial charge >= 0.3 is 0 Å². The summed E-state index contributed by atoms with van der Waals surface area (Å²) in [4.78, 5) is 0. The molecule has 0 radical (unpaired) electrons. The number of epoxide rings is 1. The van der Waals surface area contributed by atoms with Crippen LogP contribution in [0.5, 0.6) is 0 Å². The van der Waals surface area contributed by atoms with Gasteiger partial charge in [0.05, 0.1) is 12.2 Å². The van der Waals surface area contributed by atoms with Crippen molar-refractivity contribution < 1.29 is 9.84 Å². The molecule has 0 amide bonds.